The molecule has 1 aliphatic rings. The second-order valence-electron chi connectivity index (χ2n) is 7.87. The molecule has 1 aliphatic carbocycles. The third-order valence-electron chi connectivity index (χ3n) is 5.52. The fourth-order valence-corrected chi connectivity index (χ4v) is 5.80. The van der Waals surface area contributed by atoms with Crippen LogP contribution in [0.25, 0.3) is 0 Å². The van der Waals surface area contributed by atoms with Crippen molar-refractivity contribution in [2.24, 2.45) is 5.92 Å². The molecule has 4 rings (SSSR count). The van der Waals surface area contributed by atoms with Crippen molar-refractivity contribution < 1.29 is 14.3 Å². The van der Waals surface area contributed by atoms with Crippen LogP contribution in [0, 0.1) is 5.92 Å². The number of halogens is 1. The quantitative estimate of drug-likeness (QED) is 0.394. The summed E-state index contributed by atoms with van der Waals surface area (Å²) in [4.78, 5) is 27.6. The smallest absolute Gasteiger partial charge is 0.259 e. The first-order valence-electron chi connectivity index (χ1n) is 10.7. The van der Waals surface area contributed by atoms with Gasteiger partial charge in [-0.2, -0.15) is 0 Å². The molecular weight excluding hydrogens is 488 g/mol. The first kappa shape index (κ1) is 22.6. The number of hydrogen-bond donors (Lipinski definition) is 2. The lowest BCUT2D eigenvalue weighted by atomic mass is 9.88. The van der Waals surface area contributed by atoms with E-state index in [0.717, 1.165) is 24.8 Å². The van der Waals surface area contributed by atoms with Crippen molar-refractivity contribution in [3.8, 4) is 5.75 Å². The van der Waals surface area contributed by atoms with Gasteiger partial charge in [0.05, 0.1) is 23.4 Å². The van der Waals surface area contributed by atoms with E-state index in [1.807, 2.05) is 49.4 Å². The Morgan fingerprint density at radius 3 is 2.62 bits per heavy atom. The zero-order valence-corrected chi connectivity index (χ0v) is 20.4. The van der Waals surface area contributed by atoms with Gasteiger partial charge in [-0.1, -0.05) is 31.2 Å². The maximum Gasteiger partial charge on any atom is 0.259 e. The molecule has 3 aromatic rings. The Morgan fingerprint density at radius 2 is 1.84 bits per heavy atom. The molecule has 32 heavy (non-hydrogen) atoms. The van der Waals surface area contributed by atoms with Crippen molar-refractivity contribution in [2.75, 3.05) is 17.2 Å². The molecule has 0 radical (unpaired) electrons. The molecule has 2 N–H and O–H groups in total. The van der Waals surface area contributed by atoms with E-state index in [4.69, 9.17) is 4.74 Å². The minimum atomic E-state index is -0.243. The average Bonchev–Trinajstić information content (AvgIpc) is 3.12. The standard InChI is InChI=1S/C25H25BrN2O3S/c1-3-31-20-11-7-6-10-19(20)27-24(30)22-17-13-12-15(2)14-21(17)32-25(22)28-23(29)16-8-4-5-9-18(16)26/h4-11,15H,3,12-14H2,1-2H3,(H,27,30)(H,28,29). The fourth-order valence-electron chi connectivity index (χ4n) is 3.93. The summed E-state index contributed by atoms with van der Waals surface area (Å²) < 4.78 is 6.37. The Kier molecular flexibility index (Phi) is 6.96. The molecule has 1 unspecified atom stereocenters. The number of rotatable bonds is 6. The maximum absolute atomic E-state index is 13.5. The van der Waals surface area contributed by atoms with E-state index in [9.17, 15) is 9.59 Å². The van der Waals surface area contributed by atoms with Crippen molar-refractivity contribution in [1.29, 1.82) is 0 Å². The second kappa shape index (κ2) is 9.88. The monoisotopic (exact) mass is 512 g/mol. The van der Waals surface area contributed by atoms with E-state index in [1.54, 1.807) is 6.07 Å². The Morgan fingerprint density at radius 1 is 1.09 bits per heavy atom. The summed E-state index contributed by atoms with van der Waals surface area (Å²) in [6.45, 7) is 4.64. The summed E-state index contributed by atoms with van der Waals surface area (Å²) in [6.07, 6.45) is 2.77. The predicted octanol–water partition coefficient (Wildman–Crippen LogP) is 6.54. The number of carbonyl (C=O) groups excluding carboxylic acids is 2. The van der Waals surface area contributed by atoms with Crippen LogP contribution in [0.3, 0.4) is 0 Å². The van der Waals surface area contributed by atoms with Crippen LogP contribution in [0.4, 0.5) is 10.7 Å². The van der Waals surface area contributed by atoms with Crippen molar-refractivity contribution in [3.05, 3.63) is 74.6 Å². The molecule has 0 saturated carbocycles. The van der Waals surface area contributed by atoms with E-state index in [2.05, 4.69) is 33.5 Å². The number of fused-ring (bicyclic) bond motifs is 1. The van der Waals surface area contributed by atoms with Crippen LogP contribution in [0.1, 0.15) is 51.4 Å². The van der Waals surface area contributed by atoms with E-state index >= 15 is 0 Å². The normalized spacial score (nSPS) is 15.0. The third kappa shape index (κ3) is 4.74. The minimum Gasteiger partial charge on any atom is -0.492 e. The van der Waals surface area contributed by atoms with Crippen LogP contribution in [0.15, 0.2) is 53.0 Å². The minimum absolute atomic E-state index is 0.230. The number of amides is 2. The Hall–Kier alpha value is -2.64. The first-order valence-corrected chi connectivity index (χ1v) is 12.3. The van der Waals surface area contributed by atoms with Crippen molar-refractivity contribution in [1.82, 2.24) is 0 Å². The number of benzene rings is 2. The van der Waals surface area contributed by atoms with Gasteiger partial charge in [-0.15, -0.1) is 11.3 Å². The molecule has 166 valence electrons. The van der Waals surface area contributed by atoms with Crippen molar-refractivity contribution in [3.63, 3.8) is 0 Å². The highest BCUT2D eigenvalue weighted by Crippen LogP contribution is 2.40. The highest BCUT2D eigenvalue weighted by atomic mass is 79.9. The molecular formula is C25H25BrN2O3S. The van der Waals surface area contributed by atoms with Gasteiger partial charge in [0.2, 0.25) is 0 Å². The molecule has 2 amide bonds. The largest absolute Gasteiger partial charge is 0.492 e. The lowest BCUT2D eigenvalue weighted by Crippen LogP contribution is -2.20. The third-order valence-corrected chi connectivity index (χ3v) is 7.38. The summed E-state index contributed by atoms with van der Waals surface area (Å²) >= 11 is 4.95. The van der Waals surface area contributed by atoms with Gasteiger partial charge in [-0.3, -0.25) is 9.59 Å². The number of nitrogens with one attached hydrogen (secondary N) is 2. The summed E-state index contributed by atoms with van der Waals surface area (Å²) in [6, 6.07) is 14.7. The van der Waals surface area contributed by atoms with Gasteiger partial charge in [0.15, 0.2) is 0 Å². The van der Waals surface area contributed by atoms with Gasteiger partial charge in [0, 0.05) is 9.35 Å². The van der Waals surface area contributed by atoms with Crippen molar-refractivity contribution >= 4 is 49.8 Å². The van der Waals surface area contributed by atoms with Gasteiger partial charge in [-0.05, 0) is 77.9 Å². The van der Waals surface area contributed by atoms with E-state index in [1.165, 1.54) is 16.2 Å². The molecule has 0 saturated heterocycles. The topological polar surface area (TPSA) is 67.4 Å². The lowest BCUT2D eigenvalue weighted by molar-refractivity contribution is 0.102. The van der Waals surface area contributed by atoms with Crippen LogP contribution in [0.5, 0.6) is 5.75 Å². The number of ether oxygens (including phenoxy) is 1. The van der Waals surface area contributed by atoms with Crippen LogP contribution < -0.4 is 15.4 Å². The average molecular weight is 513 g/mol. The number of carbonyl (C=O) groups is 2. The zero-order chi connectivity index (χ0) is 22.7. The SMILES string of the molecule is CCOc1ccccc1NC(=O)c1c(NC(=O)c2ccccc2Br)sc2c1CCC(C)C2. The Bertz CT molecular complexity index is 1160. The van der Waals surface area contributed by atoms with Gasteiger partial charge >= 0.3 is 0 Å². The van der Waals surface area contributed by atoms with E-state index in [-0.39, 0.29) is 11.8 Å². The summed E-state index contributed by atoms with van der Waals surface area (Å²) in [5.74, 6) is 0.710. The summed E-state index contributed by atoms with van der Waals surface area (Å²) in [7, 11) is 0. The van der Waals surface area contributed by atoms with Crippen LogP contribution in [-0.2, 0) is 12.8 Å². The number of para-hydroxylation sites is 2. The van der Waals surface area contributed by atoms with E-state index < -0.39 is 0 Å². The zero-order valence-electron chi connectivity index (χ0n) is 18.0. The molecule has 1 heterocycles. The highest BCUT2D eigenvalue weighted by Gasteiger charge is 2.29. The van der Waals surface area contributed by atoms with Crippen molar-refractivity contribution in [2.45, 2.75) is 33.1 Å². The molecule has 1 atom stereocenters. The Labute approximate surface area is 200 Å². The van der Waals surface area contributed by atoms with Crippen LogP contribution >= 0.6 is 27.3 Å². The Balaban J connectivity index is 1.68. The molecule has 2 aromatic carbocycles. The van der Waals surface area contributed by atoms with E-state index in [0.29, 0.717) is 44.6 Å². The number of hydrogen-bond acceptors (Lipinski definition) is 4. The maximum atomic E-state index is 13.5. The molecule has 1 aromatic heterocycles. The van der Waals surface area contributed by atoms with Crippen LogP contribution in [0.2, 0.25) is 0 Å². The number of anilines is 2. The van der Waals surface area contributed by atoms with Gasteiger partial charge in [0.1, 0.15) is 10.8 Å². The van der Waals surface area contributed by atoms with Gasteiger partial charge < -0.3 is 15.4 Å². The molecule has 0 spiro atoms. The second-order valence-corrected chi connectivity index (χ2v) is 9.83. The number of thiophene rings is 1. The molecule has 0 bridgehead atoms. The molecule has 5 nitrogen and oxygen atoms in total. The predicted molar refractivity (Wildman–Crippen MR) is 133 cm³/mol. The van der Waals surface area contributed by atoms with Gasteiger partial charge in [-0.25, -0.2) is 0 Å². The summed E-state index contributed by atoms with van der Waals surface area (Å²) in [5, 5.41) is 6.60. The van der Waals surface area contributed by atoms with Gasteiger partial charge in [0.25, 0.3) is 11.8 Å². The van der Waals surface area contributed by atoms with Crippen LogP contribution in [-0.4, -0.2) is 18.4 Å². The molecule has 0 aliphatic heterocycles. The highest BCUT2D eigenvalue weighted by molar-refractivity contribution is 9.10. The molecule has 0 fully saturated rings. The lowest BCUT2D eigenvalue weighted by Gasteiger charge is -2.19. The summed E-state index contributed by atoms with van der Waals surface area (Å²) in [5.41, 5.74) is 2.75. The fraction of sp³-hybridized carbons (Fsp3) is 0.280. The molecule has 7 heteroatoms. The first-order chi connectivity index (χ1) is 15.5.